The number of aromatic nitrogens is 1. The van der Waals surface area contributed by atoms with Crippen molar-refractivity contribution in [2.45, 2.75) is 0 Å². The van der Waals surface area contributed by atoms with Gasteiger partial charge in [0.25, 0.3) is 5.91 Å². The SMILES string of the molecule is O=C(Nc1ccc(N2CCNC2=O)cc1)c1ccccn1. The van der Waals surface area contributed by atoms with E-state index in [1.165, 1.54) is 0 Å². The quantitative estimate of drug-likeness (QED) is 0.902. The van der Waals surface area contributed by atoms with Crippen LogP contribution in [0.15, 0.2) is 48.7 Å². The van der Waals surface area contributed by atoms with Gasteiger partial charge in [0.15, 0.2) is 0 Å². The molecule has 2 aromatic rings. The van der Waals surface area contributed by atoms with Gasteiger partial charge in [-0.05, 0) is 36.4 Å². The van der Waals surface area contributed by atoms with E-state index in [-0.39, 0.29) is 11.9 Å². The average molecular weight is 282 g/mol. The summed E-state index contributed by atoms with van der Waals surface area (Å²) < 4.78 is 0. The highest BCUT2D eigenvalue weighted by Gasteiger charge is 2.20. The first-order valence-corrected chi connectivity index (χ1v) is 6.62. The number of carbonyl (C=O) groups excluding carboxylic acids is 2. The summed E-state index contributed by atoms with van der Waals surface area (Å²) >= 11 is 0. The van der Waals surface area contributed by atoms with E-state index in [4.69, 9.17) is 0 Å². The molecule has 0 aliphatic carbocycles. The van der Waals surface area contributed by atoms with Gasteiger partial charge >= 0.3 is 6.03 Å². The monoisotopic (exact) mass is 282 g/mol. The molecule has 0 unspecified atom stereocenters. The van der Waals surface area contributed by atoms with Gasteiger partial charge in [0.05, 0.1) is 0 Å². The van der Waals surface area contributed by atoms with Crippen molar-refractivity contribution in [3.05, 3.63) is 54.4 Å². The molecule has 106 valence electrons. The number of urea groups is 1. The third kappa shape index (κ3) is 2.84. The van der Waals surface area contributed by atoms with Gasteiger partial charge in [0.1, 0.15) is 5.69 Å². The molecule has 1 aliphatic rings. The molecule has 1 aliphatic heterocycles. The minimum atomic E-state index is -0.262. The molecule has 3 rings (SSSR count). The molecular weight excluding hydrogens is 268 g/mol. The maximum atomic E-state index is 12.0. The second-order valence-electron chi connectivity index (χ2n) is 4.60. The molecule has 0 atom stereocenters. The van der Waals surface area contributed by atoms with Crippen molar-refractivity contribution in [1.82, 2.24) is 10.3 Å². The van der Waals surface area contributed by atoms with Crippen LogP contribution in [-0.2, 0) is 0 Å². The number of amides is 3. The molecule has 0 bridgehead atoms. The first kappa shape index (κ1) is 13.1. The number of nitrogens with zero attached hydrogens (tertiary/aromatic N) is 2. The Hall–Kier alpha value is -2.89. The van der Waals surface area contributed by atoms with Crippen LogP contribution in [0.2, 0.25) is 0 Å². The van der Waals surface area contributed by atoms with Crippen molar-refractivity contribution in [3.8, 4) is 0 Å². The highest BCUT2D eigenvalue weighted by atomic mass is 16.2. The van der Waals surface area contributed by atoms with Crippen LogP contribution in [0.25, 0.3) is 0 Å². The number of pyridine rings is 1. The van der Waals surface area contributed by atoms with Crippen molar-refractivity contribution < 1.29 is 9.59 Å². The zero-order valence-corrected chi connectivity index (χ0v) is 11.2. The van der Waals surface area contributed by atoms with Crippen molar-refractivity contribution in [2.24, 2.45) is 0 Å². The Labute approximate surface area is 121 Å². The molecule has 1 aromatic heterocycles. The van der Waals surface area contributed by atoms with E-state index >= 15 is 0 Å². The lowest BCUT2D eigenvalue weighted by Gasteiger charge is -2.14. The van der Waals surface area contributed by atoms with Gasteiger partial charge in [-0.2, -0.15) is 0 Å². The minimum absolute atomic E-state index is 0.0970. The fraction of sp³-hybridized carbons (Fsp3) is 0.133. The first-order chi connectivity index (χ1) is 10.2. The molecule has 0 radical (unpaired) electrons. The van der Waals surface area contributed by atoms with E-state index in [9.17, 15) is 9.59 Å². The number of hydrogen-bond acceptors (Lipinski definition) is 3. The highest BCUT2D eigenvalue weighted by Crippen LogP contribution is 2.19. The predicted molar refractivity (Wildman–Crippen MR) is 79.4 cm³/mol. The van der Waals surface area contributed by atoms with Crippen LogP contribution in [0.5, 0.6) is 0 Å². The topological polar surface area (TPSA) is 74.3 Å². The highest BCUT2D eigenvalue weighted by molar-refractivity contribution is 6.03. The fourth-order valence-electron chi connectivity index (χ4n) is 2.13. The predicted octanol–water partition coefficient (Wildman–Crippen LogP) is 1.86. The second kappa shape index (κ2) is 5.62. The molecule has 1 fully saturated rings. The number of benzene rings is 1. The average Bonchev–Trinajstić information content (AvgIpc) is 2.95. The van der Waals surface area contributed by atoms with Crippen molar-refractivity contribution in [1.29, 1.82) is 0 Å². The first-order valence-electron chi connectivity index (χ1n) is 6.62. The summed E-state index contributed by atoms with van der Waals surface area (Å²) in [6.07, 6.45) is 1.57. The maximum absolute atomic E-state index is 12.0. The van der Waals surface area contributed by atoms with Crippen molar-refractivity contribution in [3.63, 3.8) is 0 Å². The third-order valence-electron chi connectivity index (χ3n) is 3.19. The van der Waals surface area contributed by atoms with E-state index in [2.05, 4.69) is 15.6 Å². The molecule has 0 saturated carbocycles. The Morgan fingerprint density at radius 1 is 1.19 bits per heavy atom. The smallest absolute Gasteiger partial charge is 0.321 e. The van der Waals surface area contributed by atoms with E-state index < -0.39 is 0 Å². The minimum Gasteiger partial charge on any atom is -0.336 e. The van der Waals surface area contributed by atoms with E-state index in [1.54, 1.807) is 53.6 Å². The van der Waals surface area contributed by atoms with E-state index in [0.29, 0.717) is 24.5 Å². The molecule has 2 N–H and O–H groups in total. The molecule has 21 heavy (non-hydrogen) atoms. The Morgan fingerprint density at radius 2 is 2.00 bits per heavy atom. The summed E-state index contributed by atoms with van der Waals surface area (Å²) in [6, 6.07) is 12.2. The summed E-state index contributed by atoms with van der Waals surface area (Å²) in [4.78, 5) is 29.2. The number of hydrogen-bond donors (Lipinski definition) is 2. The van der Waals surface area contributed by atoms with Crippen LogP contribution in [0.4, 0.5) is 16.2 Å². The van der Waals surface area contributed by atoms with E-state index in [1.807, 2.05) is 0 Å². The van der Waals surface area contributed by atoms with Gasteiger partial charge in [-0.3, -0.25) is 14.7 Å². The lowest BCUT2D eigenvalue weighted by molar-refractivity contribution is 0.102. The van der Waals surface area contributed by atoms with Crippen LogP contribution in [0.3, 0.4) is 0 Å². The number of rotatable bonds is 3. The molecule has 6 heteroatoms. The van der Waals surface area contributed by atoms with Gasteiger partial charge in [-0.1, -0.05) is 6.07 Å². The molecule has 2 heterocycles. The summed E-state index contributed by atoms with van der Waals surface area (Å²) in [5.41, 5.74) is 1.83. The summed E-state index contributed by atoms with van der Waals surface area (Å²) in [7, 11) is 0. The molecule has 1 saturated heterocycles. The molecule has 6 nitrogen and oxygen atoms in total. The van der Waals surface area contributed by atoms with Gasteiger partial charge in [-0.15, -0.1) is 0 Å². The Balaban J connectivity index is 1.70. The normalized spacial score (nSPS) is 13.9. The summed E-state index contributed by atoms with van der Waals surface area (Å²) in [6.45, 7) is 1.30. The Bertz CT molecular complexity index is 655. The lowest BCUT2D eigenvalue weighted by atomic mass is 10.2. The number of carbonyl (C=O) groups is 2. The molecule has 0 spiro atoms. The maximum Gasteiger partial charge on any atom is 0.321 e. The van der Waals surface area contributed by atoms with Crippen LogP contribution in [0, 0.1) is 0 Å². The number of nitrogens with one attached hydrogen (secondary N) is 2. The van der Waals surface area contributed by atoms with Crippen LogP contribution in [0.1, 0.15) is 10.5 Å². The zero-order chi connectivity index (χ0) is 14.7. The van der Waals surface area contributed by atoms with Crippen molar-refractivity contribution >= 4 is 23.3 Å². The fourth-order valence-corrected chi connectivity index (χ4v) is 2.13. The van der Waals surface area contributed by atoms with Gasteiger partial charge in [-0.25, -0.2) is 4.79 Å². The zero-order valence-electron chi connectivity index (χ0n) is 11.2. The Morgan fingerprint density at radius 3 is 2.62 bits per heavy atom. The van der Waals surface area contributed by atoms with Crippen LogP contribution < -0.4 is 15.5 Å². The van der Waals surface area contributed by atoms with Crippen LogP contribution in [-0.4, -0.2) is 30.0 Å². The molecule has 3 amide bonds. The lowest BCUT2D eigenvalue weighted by Crippen LogP contribution is -2.27. The molecule has 1 aromatic carbocycles. The van der Waals surface area contributed by atoms with Crippen LogP contribution >= 0.6 is 0 Å². The summed E-state index contributed by atoms with van der Waals surface area (Å²) in [5, 5.41) is 5.51. The third-order valence-corrected chi connectivity index (χ3v) is 3.19. The van der Waals surface area contributed by atoms with Crippen molar-refractivity contribution in [2.75, 3.05) is 23.3 Å². The van der Waals surface area contributed by atoms with Gasteiger partial charge in [0, 0.05) is 30.7 Å². The second-order valence-corrected chi connectivity index (χ2v) is 4.60. The Kier molecular flexibility index (Phi) is 3.51. The standard InChI is InChI=1S/C15H14N4O2/c20-14(13-3-1-2-8-16-13)18-11-4-6-12(7-5-11)19-10-9-17-15(19)21/h1-8H,9-10H2,(H,17,21)(H,18,20). The van der Waals surface area contributed by atoms with Gasteiger partial charge in [0.2, 0.25) is 0 Å². The largest absolute Gasteiger partial charge is 0.336 e. The van der Waals surface area contributed by atoms with E-state index in [0.717, 1.165) is 5.69 Å². The number of anilines is 2. The van der Waals surface area contributed by atoms with Gasteiger partial charge < -0.3 is 10.6 Å². The molecular formula is C15H14N4O2. The summed E-state index contributed by atoms with van der Waals surface area (Å²) in [5.74, 6) is -0.262.